The molecule has 1 atom stereocenters. The van der Waals surface area contributed by atoms with Crippen LogP contribution in [-0.4, -0.2) is 60.3 Å². The Kier molecular flexibility index (Phi) is 6.71. The third kappa shape index (κ3) is 5.58. The van der Waals surface area contributed by atoms with E-state index in [2.05, 4.69) is 15.9 Å². The van der Waals surface area contributed by atoms with Crippen LogP contribution < -0.4 is 0 Å². The van der Waals surface area contributed by atoms with Gasteiger partial charge < -0.3 is 14.3 Å². The first kappa shape index (κ1) is 17.9. The van der Waals surface area contributed by atoms with E-state index >= 15 is 0 Å². The lowest BCUT2D eigenvalue weighted by Gasteiger charge is -2.35. The molecule has 2 aromatic rings. The number of thiophene rings is 1. The van der Waals surface area contributed by atoms with Crippen molar-refractivity contribution in [3.05, 3.63) is 45.5 Å². The molecule has 0 aliphatic carbocycles. The second kappa shape index (κ2) is 8.99. The summed E-state index contributed by atoms with van der Waals surface area (Å²) in [5.74, 6) is 0.782. The van der Waals surface area contributed by atoms with Crippen LogP contribution in [-0.2, 0) is 17.9 Å². The minimum absolute atomic E-state index is 0.328. The van der Waals surface area contributed by atoms with Gasteiger partial charge >= 0.3 is 0 Å². The summed E-state index contributed by atoms with van der Waals surface area (Å²) in [4.78, 5) is 6.02. The van der Waals surface area contributed by atoms with E-state index in [-0.39, 0.29) is 0 Å². The molecule has 5 nitrogen and oxygen atoms in total. The predicted octanol–water partition coefficient (Wildman–Crippen LogP) is 2.69. The molecule has 0 amide bonds. The van der Waals surface area contributed by atoms with Crippen molar-refractivity contribution in [3.63, 3.8) is 0 Å². The van der Waals surface area contributed by atoms with Crippen molar-refractivity contribution in [1.82, 2.24) is 9.80 Å². The van der Waals surface area contributed by atoms with Gasteiger partial charge in [-0.25, -0.2) is 0 Å². The molecule has 0 spiro atoms. The van der Waals surface area contributed by atoms with Crippen molar-refractivity contribution in [3.8, 4) is 0 Å². The van der Waals surface area contributed by atoms with Gasteiger partial charge in [-0.3, -0.25) is 9.80 Å². The number of β-amino-alcohol motifs (C(OH)–C–C–N with tert-alkyl or cyclic N) is 1. The summed E-state index contributed by atoms with van der Waals surface area (Å²) in [6.07, 6.45) is 1.15. The molecule has 132 valence electrons. The van der Waals surface area contributed by atoms with Gasteiger partial charge in [0.2, 0.25) is 0 Å². The van der Waals surface area contributed by atoms with E-state index in [1.165, 1.54) is 4.88 Å². The fraction of sp³-hybridized carbons (Fsp3) is 0.529. The highest BCUT2D eigenvalue weighted by Crippen LogP contribution is 2.23. The first-order chi connectivity index (χ1) is 11.7. The van der Waals surface area contributed by atoms with E-state index in [1.54, 1.807) is 17.6 Å². The van der Waals surface area contributed by atoms with Crippen LogP contribution in [0.1, 0.15) is 10.6 Å². The highest BCUT2D eigenvalue weighted by atomic mass is 35.5. The Bertz CT molecular complexity index is 597. The van der Waals surface area contributed by atoms with Gasteiger partial charge in [-0.2, -0.15) is 0 Å². The van der Waals surface area contributed by atoms with Crippen LogP contribution in [0.4, 0.5) is 0 Å². The molecule has 7 heteroatoms. The Hall–Kier alpha value is -0.890. The van der Waals surface area contributed by atoms with E-state index in [0.29, 0.717) is 19.8 Å². The molecule has 1 N–H and O–H groups in total. The van der Waals surface area contributed by atoms with Gasteiger partial charge in [-0.1, -0.05) is 11.6 Å². The molecule has 2 aromatic heterocycles. The molecular formula is C17H23ClN2O3S. The fourth-order valence-corrected chi connectivity index (χ4v) is 3.96. The summed E-state index contributed by atoms with van der Waals surface area (Å²) < 4.78 is 11.5. The first-order valence-electron chi connectivity index (χ1n) is 8.16. The highest BCUT2D eigenvalue weighted by molar-refractivity contribution is 7.16. The van der Waals surface area contributed by atoms with Crippen molar-refractivity contribution < 1.29 is 14.3 Å². The summed E-state index contributed by atoms with van der Waals surface area (Å²) in [7, 11) is 0. The largest absolute Gasteiger partial charge is 0.467 e. The summed E-state index contributed by atoms with van der Waals surface area (Å²) in [5, 5.41) is 10.1. The number of piperazine rings is 1. The van der Waals surface area contributed by atoms with Crippen molar-refractivity contribution in [2.45, 2.75) is 19.3 Å². The lowest BCUT2D eigenvalue weighted by atomic mass is 10.2. The topological polar surface area (TPSA) is 49.1 Å². The van der Waals surface area contributed by atoms with E-state index in [0.717, 1.165) is 42.8 Å². The lowest BCUT2D eigenvalue weighted by molar-refractivity contribution is -0.00302. The summed E-state index contributed by atoms with van der Waals surface area (Å²) in [5.41, 5.74) is 0. The number of nitrogens with zero attached hydrogens (tertiary/aromatic N) is 2. The number of furan rings is 1. The van der Waals surface area contributed by atoms with Crippen molar-refractivity contribution in [2.24, 2.45) is 0 Å². The Labute approximate surface area is 151 Å². The average molecular weight is 371 g/mol. The second-order valence-corrected chi connectivity index (χ2v) is 7.83. The molecule has 1 saturated heterocycles. The zero-order valence-electron chi connectivity index (χ0n) is 13.6. The molecule has 1 aliphatic rings. The molecule has 24 heavy (non-hydrogen) atoms. The van der Waals surface area contributed by atoms with Crippen molar-refractivity contribution >= 4 is 22.9 Å². The fourth-order valence-electron chi connectivity index (χ4n) is 2.83. The van der Waals surface area contributed by atoms with Gasteiger partial charge in [0, 0.05) is 44.1 Å². The zero-order valence-corrected chi connectivity index (χ0v) is 15.1. The molecule has 3 rings (SSSR count). The molecule has 0 aromatic carbocycles. The smallest absolute Gasteiger partial charge is 0.129 e. The van der Waals surface area contributed by atoms with Crippen LogP contribution >= 0.6 is 22.9 Å². The van der Waals surface area contributed by atoms with Crippen LogP contribution in [0, 0.1) is 0 Å². The SMILES string of the molecule is OC(COCc1ccco1)CN1CCN(Cc2ccc(Cl)s2)CC1. The first-order valence-corrected chi connectivity index (χ1v) is 9.35. The van der Waals surface area contributed by atoms with Crippen LogP contribution in [0.25, 0.3) is 0 Å². The van der Waals surface area contributed by atoms with Crippen LogP contribution in [0.5, 0.6) is 0 Å². The number of rotatable bonds is 8. The van der Waals surface area contributed by atoms with Gasteiger partial charge in [0.25, 0.3) is 0 Å². The molecule has 1 unspecified atom stereocenters. The number of ether oxygens (including phenoxy) is 1. The highest BCUT2D eigenvalue weighted by Gasteiger charge is 2.19. The van der Waals surface area contributed by atoms with E-state index < -0.39 is 6.10 Å². The Morgan fingerprint density at radius 3 is 2.67 bits per heavy atom. The second-order valence-electron chi connectivity index (χ2n) is 6.03. The third-order valence-corrected chi connectivity index (χ3v) is 5.29. The standard InChI is InChI=1S/C17H23ClN2O3S/c18-17-4-3-16(24-17)11-20-7-5-19(6-8-20)10-14(21)12-22-13-15-2-1-9-23-15/h1-4,9,14,21H,5-8,10-13H2. The molecule has 3 heterocycles. The molecule has 0 bridgehead atoms. The van der Waals surface area contributed by atoms with Gasteiger partial charge in [0.05, 0.1) is 23.3 Å². The monoisotopic (exact) mass is 370 g/mol. The maximum absolute atomic E-state index is 10.1. The lowest BCUT2D eigenvalue weighted by Crippen LogP contribution is -2.48. The molecule has 0 radical (unpaired) electrons. The summed E-state index contributed by atoms with van der Waals surface area (Å²) >= 11 is 7.63. The third-order valence-electron chi connectivity index (χ3n) is 4.08. The Morgan fingerprint density at radius 2 is 2.00 bits per heavy atom. The summed E-state index contributed by atoms with van der Waals surface area (Å²) in [6, 6.07) is 7.75. The van der Waals surface area contributed by atoms with Crippen LogP contribution in [0.15, 0.2) is 34.9 Å². The minimum Gasteiger partial charge on any atom is -0.467 e. The van der Waals surface area contributed by atoms with Crippen LogP contribution in [0.2, 0.25) is 4.34 Å². The van der Waals surface area contributed by atoms with E-state index in [1.807, 2.05) is 18.2 Å². The normalized spacial score (nSPS) is 18.1. The van der Waals surface area contributed by atoms with Gasteiger partial charge in [-0.15, -0.1) is 11.3 Å². The van der Waals surface area contributed by atoms with Crippen molar-refractivity contribution in [2.75, 3.05) is 39.3 Å². The Morgan fingerprint density at radius 1 is 1.21 bits per heavy atom. The van der Waals surface area contributed by atoms with Crippen LogP contribution in [0.3, 0.4) is 0 Å². The molecule has 1 aliphatic heterocycles. The zero-order chi connectivity index (χ0) is 16.8. The number of aliphatic hydroxyl groups is 1. The Balaban J connectivity index is 1.31. The number of hydrogen-bond acceptors (Lipinski definition) is 6. The molecule has 0 saturated carbocycles. The van der Waals surface area contributed by atoms with Crippen molar-refractivity contribution in [1.29, 1.82) is 0 Å². The quantitative estimate of drug-likeness (QED) is 0.774. The van der Waals surface area contributed by atoms with E-state index in [4.69, 9.17) is 20.8 Å². The van der Waals surface area contributed by atoms with Gasteiger partial charge in [0.1, 0.15) is 12.4 Å². The van der Waals surface area contributed by atoms with E-state index in [9.17, 15) is 5.11 Å². The number of aliphatic hydroxyl groups excluding tert-OH is 1. The van der Waals surface area contributed by atoms with Gasteiger partial charge in [-0.05, 0) is 24.3 Å². The number of halogens is 1. The summed E-state index contributed by atoms with van der Waals surface area (Å²) in [6.45, 7) is 6.29. The average Bonchev–Trinajstić information content (AvgIpc) is 3.21. The predicted molar refractivity (Wildman–Crippen MR) is 95.4 cm³/mol. The molecule has 1 fully saturated rings. The molecular weight excluding hydrogens is 348 g/mol. The maximum Gasteiger partial charge on any atom is 0.129 e. The minimum atomic E-state index is -0.470. The maximum atomic E-state index is 10.1. The number of hydrogen-bond donors (Lipinski definition) is 1. The van der Waals surface area contributed by atoms with Gasteiger partial charge in [0.15, 0.2) is 0 Å².